The first-order valence-corrected chi connectivity index (χ1v) is 3.86. The van der Waals surface area contributed by atoms with Gasteiger partial charge < -0.3 is 10.6 Å². The standard InChI is InChI=1S/C8H12N2O2/c1-2-7(11)10-4-3-6(5-10)8(9)12/h2,6H,1,3-5H2,(H2,9,12)/t6-/m0/s1. The molecule has 0 aromatic rings. The number of likely N-dealkylation sites (tertiary alicyclic amines) is 1. The van der Waals surface area contributed by atoms with Crippen LogP contribution in [0.5, 0.6) is 0 Å². The molecule has 1 fully saturated rings. The summed E-state index contributed by atoms with van der Waals surface area (Å²) in [6, 6.07) is 0. The predicted molar refractivity (Wildman–Crippen MR) is 44.1 cm³/mol. The zero-order chi connectivity index (χ0) is 9.14. The van der Waals surface area contributed by atoms with Gasteiger partial charge in [-0.1, -0.05) is 6.58 Å². The van der Waals surface area contributed by atoms with E-state index in [1.165, 1.54) is 6.08 Å². The number of nitrogens with two attached hydrogens (primary N) is 1. The molecule has 1 aliphatic heterocycles. The van der Waals surface area contributed by atoms with Gasteiger partial charge in [-0.3, -0.25) is 9.59 Å². The molecule has 1 rings (SSSR count). The van der Waals surface area contributed by atoms with Crippen LogP contribution in [0.15, 0.2) is 12.7 Å². The van der Waals surface area contributed by atoms with Crippen LogP contribution in [0.1, 0.15) is 6.42 Å². The number of carbonyl (C=O) groups is 2. The second-order valence-corrected chi connectivity index (χ2v) is 2.88. The molecule has 0 spiro atoms. The van der Waals surface area contributed by atoms with E-state index < -0.39 is 0 Å². The smallest absolute Gasteiger partial charge is 0.245 e. The van der Waals surface area contributed by atoms with E-state index in [1.54, 1.807) is 4.90 Å². The maximum absolute atomic E-state index is 11.0. The molecule has 0 aromatic heterocycles. The first-order chi connectivity index (χ1) is 5.65. The van der Waals surface area contributed by atoms with Gasteiger partial charge in [0.15, 0.2) is 0 Å². The molecule has 4 nitrogen and oxygen atoms in total. The summed E-state index contributed by atoms with van der Waals surface area (Å²) in [4.78, 5) is 23.3. The fourth-order valence-corrected chi connectivity index (χ4v) is 1.32. The van der Waals surface area contributed by atoms with Crippen molar-refractivity contribution in [3.8, 4) is 0 Å². The number of hydrogen-bond donors (Lipinski definition) is 1. The molecule has 1 heterocycles. The van der Waals surface area contributed by atoms with E-state index in [9.17, 15) is 9.59 Å². The van der Waals surface area contributed by atoms with E-state index in [4.69, 9.17) is 5.73 Å². The lowest BCUT2D eigenvalue weighted by molar-refractivity contribution is -0.125. The minimum atomic E-state index is -0.325. The third-order valence-corrected chi connectivity index (χ3v) is 2.08. The van der Waals surface area contributed by atoms with Crippen molar-refractivity contribution in [2.45, 2.75) is 6.42 Å². The van der Waals surface area contributed by atoms with Gasteiger partial charge in [0.1, 0.15) is 0 Å². The van der Waals surface area contributed by atoms with Crippen LogP contribution in [0.25, 0.3) is 0 Å². The third kappa shape index (κ3) is 1.64. The number of carbonyl (C=O) groups excluding carboxylic acids is 2. The molecule has 4 heteroatoms. The van der Waals surface area contributed by atoms with Gasteiger partial charge in [0.2, 0.25) is 11.8 Å². The maximum atomic E-state index is 11.0. The summed E-state index contributed by atoms with van der Waals surface area (Å²) in [5, 5.41) is 0. The first kappa shape index (κ1) is 8.77. The van der Waals surface area contributed by atoms with E-state index >= 15 is 0 Å². The zero-order valence-corrected chi connectivity index (χ0v) is 6.82. The quantitative estimate of drug-likeness (QED) is 0.565. The molecule has 2 N–H and O–H groups in total. The van der Waals surface area contributed by atoms with Gasteiger partial charge in [0.25, 0.3) is 0 Å². The van der Waals surface area contributed by atoms with Crippen LogP contribution in [0.4, 0.5) is 0 Å². The van der Waals surface area contributed by atoms with E-state index in [-0.39, 0.29) is 17.7 Å². The highest BCUT2D eigenvalue weighted by atomic mass is 16.2. The Morgan fingerprint density at radius 3 is 2.67 bits per heavy atom. The summed E-state index contributed by atoms with van der Waals surface area (Å²) < 4.78 is 0. The molecule has 0 saturated carbocycles. The SMILES string of the molecule is C=CC(=O)N1CC[C@H](C(N)=O)C1. The highest BCUT2D eigenvalue weighted by molar-refractivity contribution is 5.88. The molecule has 0 unspecified atom stereocenters. The van der Waals surface area contributed by atoms with Crippen LogP contribution in [-0.4, -0.2) is 29.8 Å². The molecule has 2 amide bonds. The van der Waals surface area contributed by atoms with Gasteiger partial charge in [0.05, 0.1) is 5.92 Å². The fourth-order valence-electron chi connectivity index (χ4n) is 1.32. The number of amides is 2. The highest BCUT2D eigenvalue weighted by Crippen LogP contribution is 2.15. The van der Waals surface area contributed by atoms with Crippen LogP contribution >= 0.6 is 0 Å². The number of nitrogens with zero attached hydrogens (tertiary/aromatic N) is 1. The number of rotatable bonds is 2. The molecular weight excluding hydrogens is 156 g/mol. The minimum Gasteiger partial charge on any atom is -0.369 e. The van der Waals surface area contributed by atoms with E-state index in [0.29, 0.717) is 19.5 Å². The van der Waals surface area contributed by atoms with Crippen molar-refractivity contribution in [2.24, 2.45) is 11.7 Å². The largest absolute Gasteiger partial charge is 0.369 e. The number of primary amides is 1. The van der Waals surface area contributed by atoms with Gasteiger partial charge in [0, 0.05) is 13.1 Å². The summed E-state index contributed by atoms with van der Waals surface area (Å²) in [5.41, 5.74) is 5.10. The normalized spacial score (nSPS) is 22.3. The third-order valence-electron chi connectivity index (χ3n) is 2.08. The Labute approximate surface area is 71.0 Å². The summed E-state index contributed by atoms with van der Waals surface area (Å²) in [6.45, 7) is 4.42. The second kappa shape index (κ2) is 3.38. The zero-order valence-electron chi connectivity index (χ0n) is 6.82. The van der Waals surface area contributed by atoms with Crippen molar-refractivity contribution in [2.75, 3.05) is 13.1 Å². The van der Waals surface area contributed by atoms with Crippen LogP contribution in [0.2, 0.25) is 0 Å². The van der Waals surface area contributed by atoms with Crippen molar-refractivity contribution < 1.29 is 9.59 Å². The van der Waals surface area contributed by atoms with Gasteiger partial charge >= 0.3 is 0 Å². The summed E-state index contributed by atoms with van der Waals surface area (Å²) in [7, 11) is 0. The van der Waals surface area contributed by atoms with Crippen molar-refractivity contribution >= 4 is 11.8 Å². The highest BCUT2D eigenvalue weighted by Gasteiger charge is 2.28. The Kier molecular flexibility index (Phi) is 2.47. The first-order valence-electron chi connectivity index (χ1n) is 3.86. The van der Waals surface area contributed by atoms with Crippen molar-refractivity contribution in [3.63, 3.8) is 0 Å². The number of hydrogen-bond acceptors (Lipinski definition) is 2. The average Bonchev–Trinajstić information content (AvgIpc) is 2.51. The van der Waals surface area contributed by atoms with Crippen molar-refractivity contribution in [3.05, 3.63) is 12.7 Å². The molecule has 0 aliphatic carbocycles. The summed E-state index contributed by atoms with van der Waals surface area (Å²) in [5.74, 6) is -0.623. The molecule has 1 atom stereocenters. The minimum absolute atomic E-state index is 0.126. The van der Waals surface area contributed by atoms with Crippen LogP contribution < -0.4 is 5.73 Å². The molecule has 0 aromatic carbocycles. The van der Waals surface area contributed by atoms with Crippen LogP contribution in [-0.2, 0) is 9.59 Å². The Hall–Kier alpha value is -1.32. The van der Waals surface area contributed by atoms with Gasteiger partial charge in [-0.05, 0) is 12.5 Å². The van der Waals surface area contributed by atoms with E-state index in [2.05, 4.69) is 6.58 Å². The Morgan fingerprint density at radius 1 is 1.58 bits per heavy atom. The summed E-state index contributed by atoms with van der Waals surface area (Å²) in [6.07, 6.45) is 1.93. The van der Waals surface area contributed by atoms with Gasteiger partial charge in [-0.2, -0.15) is 0 Å². The van der Waals surface area contributed by atoms with E-state index in [1.807, 2.05) is 0 Å². The molecule has 0 bridgehead atoms. The van der Waals surface area contributed by atoms with Crippen molar-refractivity contribution in [1.29, 1.82) is 0 Å². The van der Waals surface area contributed by atoms with Gasteiger partial charge in [-0.25, -0.2) is 0 Å². The maximum Gasteiger partial charge on any atom is 0.245 e. The molecule has 12 heavy (non-hydrogen) atoms. The molecule has 1 aliphatic rings. The van der Waals surface area contributed by atoms with Crippen LogP contribution in [0, 0.1) is 5.92 Å². The van der Waals surface area contributed by atoms with Crippen LogP contribution in [0.3, 0.4) is 0 Å². The lowest BCUT2D eigenvalue weighted by Gasteiger charge is -2.12. The molecule has 1 saturated heterocycles. The molecule has 66 valence electrons. The predicted octanol–water partition coefficient (Wildman–Crippen LogP) is -0.494. The van der Waals surface area contributed by atoms with Gasteiger partial charge in [-0.15, -0.1) is 0 Å². The van der Waals surface area contributed by atoms with E-state index in [0.717, 1.165) is 0 Å². The topological polar surface area (TPSA) is 63.4 Å². The molecular formula is C8H12N2O2. The second-order valence-electron chi connectivity index (χ2n) is 2.88. The lowest BCUT2D eigenvalue weighted by Crippen LogP contribution is -2.30. The summed E-state index contributed by atoms with van der Waals surface area (Å²) >= 11 is 0. The Balaban J connectivity index is 2.50. The monoisotopic (exact) mass is 168 g/mol. The molecule has 0 radical (unpaired) electrons. The fraction of sp³-hybridized carbons (Fsp3) is 0.500. The lowest BCUT2D eigenvalue weighted by atomic mass is 10.1. The average molecular weight is 168 g/mol. The Bertz CT molecular complexity index is 225. The van der Waals surface area contributed by atoms with Crippen molar-refractivity contribution in [1.82, 2.24) is 4.90 Å². The Morgan fingerprint density at radius 2 is 2.25 bits per heavy atom.